The van der Waals surface area contributed by atoms with Crippen molar-refractivity contribution >= 4 is 17.6 Å². The highest BCUT2D eigenvalue weighted by Gasteiger charge is 2.39. The van der Waals surface area contributed by atoms with Gasteiger partial charge in [-0.15, -0.1) is 0 Å². The SMILES string of the molecule is C[C@@H]1[C@H](CN(Cc2ccccc2)Cc2ccccc2)O[C@H](c2ccc(NC(=O)CCC(=O)O)cc2)O[C@@H]1c1ccc(CO)cc1. The van der Waals surface area contributed by atoms with Crippen molar-refractivity contribution in [1.29, 1.82) is 0 Å². The minimum Gasteiger partial charge on any atom is -0.481 e. The van der Waals surface area contributed by atoms with E-state index < -0.39 is 12.3 Å². The van der Waals surface area contributed by atoms with Crippen LogP contribution in [0.1, 0.15) is 60.0 Å². The average Bonchev–Trinajstić information content (AvgIpc) is 3.06. The Morgan fingerprint density at radius 2 is 1.31 bits per heavy atom. The van der Waals surface area contributed by atoms with Crippen molar-refractivity contribution in [3.05, 3.63) is 137 Å². The number of nitrogens with one attached hydrogen (secondary N) is 1. The van der Waals surface area contributed by atoms with E-state index in [1.807, 2.05) is 48.5 Å². The van der Waals surface area contributed by atoms with Gasteiger partial charge in [-0.2, -0.15) is 0 Å². The maximum Gasteiger partial charge on any atom is 0.303 e. The number of carboxylic acids is 1. The molecule has 1 aliphatic heterocycles. The predicted molar refractivity (Wildman–Crippen MR) is 172 cm³/mol. The molecule has 1 amide bonds. The lowest BCUT2D eigenvalue weighted by Gasteiger charge is -2.43. The molecule has 4 aromatic carbocycles. The van der Waals surface area contributed by atoms with Crippen LogP contribution in [0.25, 0.3) is 0 Å². The zero-order chi connectivity index (χ0) is 31.6. The summed E-state index contributed by atoms with van der Waals surface area (Å²) >= 11 is 0. The molecule has 3 N–H and O–H groups in total. The number of ether oxygens (including phenoxy) is 2. The summed E-state index contributed by atoms with van der Waals surface area (Å²) in [6.45, 7) is 4.33. The van der Waals surface area contributed by atoms with Gasteiger partial charge in [0.15, 0.2) is 6.29 Å². The molecule has 8 nitrogen and oxygen atoms in total. The molecule has 5 rings (SSSR count). The van der Waals surface area contributed by atoms with E-state index in [0.717, 1.165) is 29.8 Å². The number of amides is 1. The Morgan fingerprint density at radius 1 is 0.733 bits per heavy atom. The number of hydrogen-bond donors (Lipinski definition) is 3. The van der Waals surface area contributed by atoms with Crippen LogP contribution in [0.15, 0.2) is 109 Å². The Bertz CT molecular complexity index is 1470. The van der Waals surface area contributed by atoms with Crippen molar-refractivity contribution in [2.45, 2.75) is 58.0 Å². The first-order chi connectivity index (χ1) is 21.9. The Hall–Kier alpha value is -4.34. The molecule has 0 radical (unpaired) electrons. The molecule has 0 aliphatic carbocycles. The maximum atomic E-state index is 12.1. The molecular formula is C37H40N2O6. The number of carbonyl (C=O) groups is 2. The van der Waals surface area contributed by atoms with Gasteiger partial charge in [0, 0.05) is 43.2 Å². The van der Waals surface area contributed by atoms with Crippen LogP contribution in [-0.2, 0) is 38.8 Å². The van der Waals surface area contributed by atoms with Crippen LogP contribution in [-0.4, -0.2) is 39.6 Å². The van der Waals surface area contributed by atoms with Crippen LogP contribution >= 0.6 is 0 Å². The fourth-order valence-corrected chi connectivity index (χ4v) is 5.62. The number of rotatable bonds is 13. The second kappa shape index (κ2) is 15.6. The molecule has 0 spiro atoms. The highest BCUT2D eigenvalue weighted by Crippen LogP contribution is 2.42. The Labute approximate surface area is 264 Å². The lowest BCUT2D eigenvalue weighted by Crippen LogP contribution is -2.44. The van der Waals surface area contributed by atoms with Gasteiger partial charge in [-0.25, -0.2) is 0 Å². The molecule has 0 saturated carbocycles. The summed E-state index contributed by atoms with van der Waals surface area (Å²) in [5.41, 5.74) is 5.68. The highest BCUT2D eigenvalue weighted by molar-refractivity contribution is 5.92. The van der Waals surface area contributed by atoms with Gasteiger partial charge in [0.1, 0.15) is 0 Å². The summed E-state index contributed by atoms with van der Waals surface area (Å²) in [5.74, 6) is -1.35. The fourth-order valence-electron chi connectivity index (χ4n) is 5.62. The second-order valence-corrected chi connectivity index (χ2v) is 11.5. The number of benzene rings is 4. The van der Waals surface area contributed by atoms with E-state index in [1.54, 1.807) is 12.1 Å². The molecule has 0 bridgehead atoms. The van der Waals surface area contributed by atoms with Crippen LogP contribution in [0.3, 0.4) is 0 Å². The summed E-state index contributed by atoms with van der Waals surface area (Å²) in [6.07, 6.45) is -1.40. The van der Waals surface area contributed by atoms with E-state index in [2.05, 4.69) is 65.7 Å². The van der Waals surface area contributed by atoms with Gasteiger partial charge in [-0.05, 0) is 34.4 Å². The molecule has 1 aliphatic rings. The first-order valence-electron chi connectivity index (χ1n) is 15.3. The molecule has 4 atom stereocenters. The Balaban J connectivity index is 1.39. The molecule has 0 aromatic heterocycles. The van der Waals surface area contributed by atoms with Crippen molar-refractivity contribution in [1.82, 2.24) is 4.90 Å². The van der Waals surface area contributed by atoms with E-state index in [4.69, 9.17) is 14.6 Å². The number of aliphatic hydroxyl groups is 1. The summed E-state index contributed by atoms with van der Waals surface area (Å²) in [7, 11) is 0. The lowest BCUT2D eigenvalue weighted by molar-refractivity contribution is -0.276. The van der Waals surface area contributed by atoms with Gasteiger partial charge in [0.2, 0.25) is 5.91 Å². The zero-order valence-electron chi connectivity index (χ0n) is 25.4. The van der Waals surface area contributed by atoms with E-state index in [1.165, 1.54) is 11.1 Å². The van der Waals surface area contributed by atoms with Crippen molar-refractivity contribution in [3.8, 4) is 0 Å². The van der Waals surface area contributed by atoms with Gasteiger partial charge in [0.05, 0.1) is 25.2 Å². The van der Waals surface area contributed by atoms with Crippen LogP contribution in [0.2, 0.25) is 0 Å². The third-order valence-corrected chi connectivity index (χ3v) is 8.09. The molecule has 8 heteroatoms. The normalized spacial score (nSPS) is 19.7. The van der Waals surface area contributed by atoms with E-state index in [-0.39, 0.29) is 43.5 Å². The van der Waals surface area contributed by atoms with E-state index in [9.17, 15) is 14.7 Å². The quantitative estimate of drug-likeness (QED) is 0.160. The number of aliphatic hydroxyl groups excluding tert-OH is 1. The van der Waals surface area contributed by atoms with Gasteiger partial charge < -0.3 is 25.0 Å². The van der Waals surface area contributed by atoms with Crippen LogP contribution in [0.5, 0.6) is 0 Å². The smallest absolute Gasteiger partial charge is 0.303 e. The molecule has 1 heterocycles. The molecule has 1 fully saturated rings. The number of carbonyl (C=O) groups excluding carboxylic acids is 1. The van der Waals surface area contributed by atoms with Gasteiger partial charge in [-0.1, -0.05) is 104 Å². The lowest BCUT2D eigenvalue weighted by atomic mass is 9.89. The Kier molecular flexibility index (Phi) is 11.1. The monoisotopic (exact) mass is 608 g/mol. The van der Waals surface area contributed by atoms with Crippen LogP contribution < -0.4 is 5.32 Å². The molecule has 1 saturated heterocycles. The number of hydrogen-bond acceptors (Lipinski definition) is 6. The number of carboxylic acid groups (broad SMARTS) is 1. The zero-order valence-corrected chi connectivity index (χ0v) is 25.4. The second-order valence-electron chi connectivity index (χ2n) is 11.5. The van der Waals surface area contributed by atoms with Crippen molar-refractivity contribution in [2.75, 3.05) is 11.9 Å². The third kappa shape index (κ3) is 9.09. The van der Waals surface area contributed by atoms with Gasteiger partial charge in [-0.3, -0.25) is 14.5 Å². The number of nitrogens with zero attached hydrogens (tertiary/aromatic N) is 1. The highest BCUT2D eigenvalue weighted by atomic mass is 16.7. The van der Waals surface area contributed by atoms with Crippen LogP contribution in [0.4, 0.5) is 5.69 Å². The minimum atomic E-state index is -1.01. The minimum absolute atomic E-state index is 0.0167. The van der Waals surface area contributed by atoms with Gasteiger partial charge >= 0.3 is 5.97 Å². The fraction of sp³-hybridized carbons (Fsp3) is 0.297. The number of aliphatic carboxylic acids is 1. The summed E-state index contributed by atoms with van der Waals surface area (Å²) in [4.78, 5) is 25.4. The number of anilines is 1. The van der Waals surface area contributed by atoms with E-state index in [0.29, 0.717) is 12.2 Å². The first-order valence-corrected chi connectivity index (χ1v) is 15.3. The maximum absolute atomic E-state index is 12.1. The largest absolute Gasteiger partial charge is 0.481 e. The van der Waals surface area contributed by atoms with E-state index >= 15 is 0 Å². The first kappa shape index (κ1) is 32.1. The van der Waals surface area contributed by atoms with Crippen molar-refractivity contribution in [2.24, 2.45) is 5.92 Å². The molecule has 4 aromatic rings. The topological polar surface area (TPSA) is 108 Å². The summed E-state index contributed by atoms with van der Waals surface area (Å²) in [6, 6.07) is 36.0. The standard InChI is InChI=1S/C37H40N2O6/c1-26-33(24-39(22-27-8-4-2-5-9-27)23-28-10-6-3-7-11-28)44-37(45-36(26)30-14-12-29(25-40)13-15-30)31-16-18-32(19-17-31)38-34(41)20-21-35(42)43/h2-19,26,33,36-37,40H,20-25H2,1H3,(H,38,41)(H,42,43)/t26-,33+,36+,37+/m1/s1. The van der Waals surface area contributed by atoms with Crippen molar-refractivity contribution < 1.29 is 29.3 Å². The Morgan fingerprint density at radius 3 is 1.87 bits per heavy atom. The predicted octanol–water partition coefficient (Wildman–Crippen LogP) is 6.48. The molecule has 0 unspecified atom stereocenters. The van der Waals surface area contributed by atoms with Crippen LogP contribution in [0, 0.1) is 5.92 Å². The molecule has 234 valence electrons. The molecule has 45 heavy (non-hydrogen) atoms. The summed E-state index contributed by atoms with van der Waals surface area (Å²) < 4.78 is 13.3. The van der Waals surface area contributed by atoms with Crippen molar-refractivity contribution in [3.63, 3.8) is 0 Å². The van der Waals surface area contributed by atoms with Gasteiger partial charge in [0.25, 0.3) is 0 Å². The third-order valence-electron chi connectivity index (χ3n) is 8.09. The summed E-state index contributed by atoms with van der Waals surface area (Å²) in [5, 5.41) is 21.2. The molecular weight excluding hydrogens is 568 g/mol. The average molecular weight is 609 g/mol.